The fraction of sp³-hybridized carbons (Fsp3) is 0.125. The van der Waals surface area contributed by atoms with Crippen LogP contribution in [0.5, 0.6) is 0 Å². The third-order valence-corrected chi connectivity index (χ3v) is 5.82. The lowest BCUT2D eigenvalue weighted by Gasteiger charge is -2.02. The van der Waals surface area contributed by atoms with E-state index >= 15 is 0 Å². The zero-order chi connectivity index (χ0) is 20.4. The Balaban J connectivity index is 1.65. The molecule has 0 spiro atoms. The number of hydrogen-bond donors (Lipinski definition) is 0. The maximum absolute atomic E-state index is 12.7. The Morgan fingerprint density at radius 2 is 1.55 bits per heavy atom. The molecule has 0 fully saturated rings. The van der Waals surface area contributed by atoms with Gasteiger partial charge in [-0.3, -0.25) is 9.59 Å². The van der Waals surface area contributed by atoms with Crippen LogP contribution in [-0.2, 0) is 6.54 Å². The first kappa shape index (κ1) is 19.0. The van der Waals surface area contributed by atoms with E-state index < -0.39 is 0 Å². The van der Waals surface area contributed by atoms with E-state index in [0.29, 0.717) is 21.5 Å². The molecule has 1 aromatic heterocycles. The Labute approximate surface area is 172 Å². The van der Waals surface area contributed by atoms with Crippen LogP contribution in [-0.4, -0.2) is 16.3 Å². The summed E-state index contributed by atoms with van der Waals surface area (Å²) in [5.74, 6) is -0.376. The highest BCUT2D eigenvalue weighted by atomic mass is 32.1. The first-order valence-corrected chi connectivity index (χ1v) is 10.3. The third-order valence-electron chi connectivity index (χ3n) is 4.78. The molecule has 5 heteroatoms. The van der Waals surface area contributed by atoms with Crippen molar-refractivity contribution in [1.29, 1.82) is 0 Å². The van der Waals surface area contributed by atoms with Gasteiger partial charge in [0.25, 0.3) is 5.91 Å². The third kappa shape index (κ3) is 3.82. The Morgan fingerprint density at radius 1 is 0.897 bits per heavy atom. The lowest BCUT2D eigenvalue weighted by atomic mass is 10.0. The van der Waals surface area contributed by atoms with Gasteiger partial charge in [0.1, 0.15) is 0 Å². The molecule has 1 amide bonds. The zero-order valence-electron chi connectivity index (χ0n) is 16.3. The van der Waals surface area contributed by atoms with Crippen LogP contribution >= 0.6 is 11.3 Å². The van der Waals surface area contributed by atoms with Crippen molar-refractivity contribution in [3.63, 3.8) is 0 Å². The summed E-state index contributed by atoms with van der Waals surface area (Å²) in [5.41, 5.74) is 3.90. The van der Waals surface area contributed by atoms with Gasteiger partial charge in [0.05, 0.1) is 10.2 Å². The number of aromatic nitrogens is 1. The number of benzene rings is 3. The van der Waals surface area contributed by atoms with E-state index in [-0.39, 0.29) is 11.7 Å². The van der Waals surface area contributed by atoms with Crippen LogP contribution in [0.1, 0.15) is 38.8 Å². The Hall–Kier alpha value is -3.31. The predicted molar refractivity (Wildman–Crippen MR) is 116 cm³/mol. The van der Waals surface area contributed by atoms with E-state index in [4.69, 9.17) is 0 Å². The molecule has 144 valence electrons. The molecule has 0 N–H and O–H groups in total. The summed E-state index contributed by atoms with van der Waals surface area (Å²) < 4.78 is 3.16. The Kier molecular flexibility index (Phi) is 5.23. The number of fused-ring (bicyclic) bond motifs is 1. The van der Waals surface area contributed by atoms with Crippen LogP contribution in [0.15, 0.2) is 77.8 Å². The van der Waals surface area contributed by atoms with Gasteiger partial charge >= 0.3 is 0 Å². The van der Waals surface area contributed by atoms with Crippen LogP contribution in [0.4, 0.5) is 0 Å². The molecule has 0 saturated heterocycles. The molecule has 0 radical (unpaired) electrons. The van der Waals surface area contributed by atoms with Crippen LogP contribution in [0.2, 0.25) is 0 Å². The normalized spacial score (nSPS) is 11.7. The SMILES string of the molecule is CCn1c(=NC(=O)c2ccc(C(=O)c3ccccc3)cc2)sc2cc(C)ccc21. The first-order chi connectivity index (χ1) is 14.1. The number of amides is 1. The maximum Gasteiger partial charge on any atom is 0.279 e. The largest absolute Gasteiger partial charge is 0.317 e. The monoisotopic (exact) mass is 400 g/mol. The molecule has 4 nitrogen and oxygen atoms in total. The van der Waals surface area contributed by atoms with E-state index in [0.717, 1.165) is 16.8 Å². The summed E-state index contributed by atoms with van der Waals surface area (Å²) in [6.07, 6.45) is 0. The lowest BCUT2D eigenvalue weighted by molar-refractivity contribution is 0.0994. The number of nitrogens with zero attached hydrogens (tertiary/aromatic N) is 2. The predicted octanol–water partition coefficient (Wildman–Crippen LogP) is 5.00. The highest BCUT2D eigenvalue weighted by Gasteiger charge is 2.11. The average molecular weight is 401 g/mol. The molecular weight excluding hydrogens is 380 g/mol. The minimum Gasteiger partial charge on any atom is -0.317 e. The standard InChI is InChI=1S/C24H20N2O2S/c1-3-26-20-14-9-16(2)15-21(20)29-24(26)25-23(28)19-12-10-18(11-13-19)22(27)17-7-5-4-6-8-17/h4-15H,3H2,1-2H3. The molecule has 4 aromatic rings. The topological polar surface area (TPSA) is 51.4 Å². The molecule has 4 rings (SSSR count). The average Bonchev–Trinajstić information content (AvgIpc) is 3.09. The van der Waals surface area contributed by atoms with Crippen LogP contribution in [0, 0.1) is 6.92 Å². The summed E-state index contributed by atoms with van der Waals surface area (Å²) in [7, 11) is 0. The van der Waals surface area contributed by atoms with Crippen molar-refractivity contribution in [3.8, 4) is 0 Å². The number of ketones is 1. The Morgan fingerprint density at radius 3 is 2.24 bits per heavy atom. The zero-order valence-corrected chi connectivity index (χ0v) is 17.1. The molecule has 0 aliphatic heterocycles. The Bertz CT molecular complexity index is 1270. The maximum atomic E-state index is 12.7. The molecule has 0 atom stereocenters. The molecule has 0 bridgehead atoms. The van der Waals surface area contributed by atoms with Crippen molar-refractivity contribution in [1.82, 2.24) is 4.57 Å². The molecule has 0 aliphatic rings. The minimum atomic E-state index is -0.311. The molecule has 0 saturated carbocycles. The van der Waals surface area contributed by atoms with Crippen LogP contribution in [0.3, 0.4) is 0 Å². The van der Waals surface area contributed by atoms with Gasteiger partial charge in [-0.25, -0.2) is 0 Å². The van der Waals surface area contributed by atoms with E-state index in [1.54, 1.807) is 36.4 Å². The number of rotatable bonds is 4. The summed E-state index contributed by atoms with van der Waals surface area (Å²) in [6, 6.07) is 22.0. The van der Waals surface area contributed by atoms with E-state index in [1.807, 2.05) is 29.7 Å². The highest BCUT2D eigenvalue weighted by molar-refractivity contribution is 7.16. The van der Waals surface area contributed by atoms with Crippen molar-refractivity contribution in [2.75, 3.05) is 0 Å². The second-order valence-corrected chi connectivity index (χ2v) is 7.80. The van der Waals surface area contributed by atoms with Gasteiger partial charge in [0.2, 0.25) is 0 Å². The van der Waals surface area contributed by atoms with Gasteiger partial charge in [0, 0.05) is 23.2 Å². The van der Waals surface area contributed by atoms with Gasteiger partial charge in [0.15, 0.2) is 10.6 Å². The molecule has 3 aromatic carbocycles. The van der Waals surface area contributed by atoms with Gasteiger partial charge < -0.3 is 4.57 Å². The fourth-order valence-electron chi connectivity index (χ4n) is 3.24. The quantitative estimate of drug-likeness (QED) is 0.453. The molecule has 0 aliphatic carbocycles. The van der Waals surface area contributed by atoms with Gasteiger partial charge in [-0.15, -0.1) is 0 Å². The number of carbonyl (C=O) groups excluding carboxylic acids is 2. The number of hydrogen-bond acceptors (Lipinski definition) is 3. The van der Waals surface area contributed by atoms with Crippen molar-refractivity contribution in [2.45, 2.75) is 20.4 Å². The van der Waals surface area contributed by atoms with Crippen molar-refractivity contribution in [2.24, 2.45) is 4.99 Å². The van der Waals surface area contributed by atoms with E-state index in [1.165, 1.54) is 16.9 Å². The van der Waals surface area contributed by atoms with E-state index in [2.05, 4.69) is 30.1 Å². The van der Waals surface area contributed by atoms with Crippen molar-refractivity contribution < 1.29 is 9.59 Å². The van der Waals surface area contributed by atoms with Gasteiger partial charge in [-0.05, 0) is 43.7 Å². The summed E-state index contributed by atoms with van der Waals surface area (Å²) >= 11 is 1.51. The number of thiazole rings is 1. The van der Waals surface area contributed by atoms with Gasteiger partial charge in [-0.2, -0.15) is 4.99 Å². The molecule has 1 heterocycles. The fourth-order valence-corrected chi connectivity index (χ4v) is 4.43. The minimum absolute atomic E-state index is 0.0646. The van der Waals surface area contributed by atoms with Crippen molar-refractivity contribution >= 4 is 33.2 Å². The summed E-state index contributed by atoms with van der Waals surface area (Å²) in [5, 5.41) is 0. The van der Waals surface area contributed by atoms with Gasteiger partial charge in [-0.1, -0.05) is 59.9 Å². The summed E-state index contributed by atoms with van der Waals surface area (Å²) in [6.45, 7) is 4.83. The molecule has 0 unspecified atom stereocenters. The number of carbonyl (C=O) groups is 2. The van der Waals surface area contributed by atoms with E-state index in [9.17, 15) is 9.59 Å². The highest BCUT2D eigenvalue weighted by Crippen LogP contribution is 2.19. The lowest BCUT2D eigenvalue weighted by Crippen LogP contribution is -2.16. The molecule has 29 heavy (non-hydrogen) atoms. The first-order valence-electron chi connectivity index (χ1n) is 9.45. The summed E-state index contributed by atoms with van der Waals surface area (Å²) in [4.78, 5) is 30.3. The van der Waals surface area contributed by atoms with Crippen LogP contribution < -0.4 is 4.80 Å². The smallest absolute Gasteiger partial charge is 0.279 e. The second kappa shape index (κ2) is 7.97. The van der Waals surface area contributed by atoms with Crippen molar-refractivity contribution in [3.05, 3.63) is 99.9 Å². The number of aryl methyl sites for hydroxylation is 2. The molecular formula is C24H20N2O2S. The second-order valence-electron chi connectivity index (χ2n) is 6.79. The van der Waals surface area contributed by atoms with Crippen LogP contribution in [0.25, 0.3) is 10.2 Å².